The van der Waals surface area contributed by atoms with Crippen LogP contribution in [0.3, 0.4) is 0 Å². The van der Waals surface area contributed by atoms with Crippen molar-refractivity contribution in [1.29, 1.82) is 0 Å². The smallest absolute Gasteiger partial charge is 0.300 e. The molecule has 0 bridgehead atoms. The van der Waals surface area contributed by atoms with E-state index < -0.39 is 17.7 Å². The molecule has 1 amide bonds. The molecule has 1 fully saturated rings. The van der Waals surface area contributed by atoms with Gasteiger partial charge in [0.1, 0.15) is 5.76 Å². The van der Waals surface area contributed by atoms with Crippen LogP contribution >= 0.6 is 27.5 Å². The van der Waals surface area contributed by atoms with E-state index in [2.05, 4.69) is 15.9 Å². The number of aliphatic hydroxyl groups is 1. The minimum Gasteiger partial charge on any atom is -0.507 e. The number of halogens is 2. The van der Waals surface area contributed by atoms with Gasteiger partial charge in [-0.3, -0.25) is 14.5 Å². The van der Waals surface area contributed by atoms with Gasteiger partial charge in [0.25, 0.3) is 11.7 Å². The zero-order valence-corrected chi connectivity index (χ0v) is 20.7. The molecule has 1 atom stereocenters. The van der Waals surface area contributed by atoms with Gasteiger partial charge in [-0.2, -0.15) is 0 Å². The van der Waals surface area contributed by atoms with Gasteiger partial charge in [0.15, 0.2) is 11.5 Å². The maximum Gasteiger partial charge on any atom is 0.300 e. The number of nitrogens with zero attached hydrogens (tertiary/aromatic N) is 1. The van der Waals surface area contributed by atoms with Crippen molar-refractivity contribution in [2.45, 2.75) is 19.9 Å². The predicted octanol–water partition coefficient (Wildman–Crippen LogP) is 6.14. The number of phenols is 1. The molecular weight excluding hydrogens is 522 g/mol. The number of benzene rings is 3. The number of aromatic hydroxyl groups is 1. The second-order valence-electron chi connectivity index (χ2n) is 7.72. The summed E-state index contributed by atoms with van der Waals surface area (Å²) < 4.78 is 6.33. The molecule has 0 radical (unpaired) electrons. The summed E-state index contributed by atoms with van der Waals surface area (Å²) in [5.41, 5.74) is 1.86. The highest BCUT2D eigenvalue weighted by molar-refractivity contribution is 9.10. The third kappa shape index (κ3) is 4.17. The van der Waals surface area contributed by atoms with Crippen LogP contribution in [0.2, 0.25) is 5.02 Å². The number of ether oxygens (including phenoxy) is 1. The molecule has 1 unspecified atom stereocenters. The summed E-state index contributed by atoms with van der Waals surface area (Å²) >= 11 is 9.68. The number of rotatable bonds is 5. The molecule has 174 valence electrons. The Labute approximate surface area is 210 Å². The van der Waals surface area contributed by atoms with E-state index in [1.54, 1.807) is 68.4 Å². The Hall–Kier alpha value is -3.29. The van der Waals surface area contributed by atoms with Gasteiger partial charge in [-0.1, -0.05) is 51.8 Å². The molecule has 34 heavy (non-hydrogen) atoms. The summed E-state index contributed by atoms with van der Waals surface area (Å²) in [5.74, 6) is -1.79. The first-order valence-electron chi connectivity index (χ1n) is 10.5. The molecule has 1 saturated heterocycles. The minimum absolute atomic E-state index is 0.0696. The number of hydrogen-bond donors (Lipinski definition) is 2. The van der Waals surface area contributed by atoms with E-state index in [1.165, 1.54) is 11.0 Å². The van der Waals surface area contributed by atoms with Crippen LogP contribution < -0.4 is 9.64 Å². The fourth-order valence-electron chi connectivity index (χ4n) is 3.99. The van der Waals surface area contributed by atoms with Gasteiger partial charge in [0.2, 0.25) is 0 Å². The molecule has 3 aromatic carbocycles. The Balaban J connectivity index is 1.99. The van der Waals surface area contributed by atoms with E-state index in [1.807, 2.05) is 0 Å². The highest BCUT2D eigenvalue weighted by Crippen LogP contribution is 2.45. The van der Waals surface area contributed by atoms with Gasteiger partial charge >= 0.3 is 0 Å². The summed E-state index contributed by atoms with van der Waals surface area (Å²) in [6.07, 6.45) is 0. The van der Waals surface area contributed by atoms with E-state index in [0.717, 1.165) is 4.47 Å². The molecule has 1 aliphatic heterocycles. The molecule has 4 rings (SSSR count). The quantitative estimate of drug-likeness (QED) is 0.230. The second kappa shape index (κ2) is 9.52. The van der Waals surface area contributed by atoms with Crippen LogP contribution in [0, 0.1) is 6.92 Å². The predicted molar refractivity (Wildman–Crippen MR) is 134 cm³/mol. The van der Waals surface area contributed by atoms with Crippen molar-refractivity contribution in [3.8, 4) is 11.5 Å². The number of Topliss-reactive ketones (excluding diaryl/α,β-unsaturated/α-hetero) is 1. The van der Waals surface area contributed by atoms with Crippen LogP contribution in [-0.4, -0.2) is 28.5 Å². The van der Waals surface area contributed by atoms with Crippen molar-refractivity contribution in [3.05, 3.63) is 92.4 Å². The summed E-state index contributed by atoms with van der Waals surface area (Å²) in [6.45, 7) is 3.84. The van der Waals surface area contributed by atoms with E-state index in [9.17, 15) is 19.8 Å². The Morgan fingerprint density at radius 3 is 2.50 bits per heavy atom. The number of anilines is 1. The van der Waals surface area contributed by atoms with Crippen molar-refractivity contribution in [2.75, 3.05) is 11.5 Å². The first kappa shape index (κ1) is 23.9. The minimum atomic E-state index is -0.972. The average Bonchev–Trinajstić information content (AvgIpc) is 3.08. The van der Waals surface area contributed by atoms with Crippen LogP contribution in [0.1, 0.15) is 29.7 Å². The standard InChI is InChI=1S/C26H21BrClNO5/c1-3-34-21-13-16(9-12-20(21)30)23-22(24(31)15-7-10-17(27)11-8-15)25(32)26(33)29(23)19-6-4-5-18(28)14(19)2/h4-13,23,30-31H,3H2,1-2H3/b24-22+. The zero-order chi connectivity index (χ0) is 24.6. The van der Waals surface area contributed by atoms with Crippen LogP contribution in [0.25, 0.3) is 5.76 Å². The van der Waals surface area contributed by atoms with Crippen LogP contribution in [0.4, 0.5) is 5.69 Å². The number of carbonyl (C=O) groups is 2. The van der Waals surface area contributed by atoms with Gasteiger partial charge < -0.3 is 14.9 Å². The molecule has 0 spiro atoms. The van der Waals surface area contributed by atoms with Crippen LogP contribution in [-0.2, 0) is 9.59 Å². The molecule has 1 heterocycles. The lowest BCUT2D eigenvalue weighted by atomic mass is 9.94. The number of carbonyl (C=O) groups excluding carboxylic acids is 2. The SMILES string of the molecule is CCOc1cc(C2/C(=C(\O)c3ccc(Br)cc3)C(=O)C(=O)N2c2cccc(Cl)c2C)ccc1O. The number of phenolic OH excluding ortho intramolecular Hbond substituents is 1. The largest absolute Gasteiger partial charge is 0.507 e. The van der Waals surface area contributed by atoms with Gasteiger partial charge in [-0.15, -0.1) is 0 Å². The number of ketones is 1. The fourth-order valence-corrected chi connectivity index (χ4v) is 4.42. The van der Waals surface area contributed by atoms with Crippen molar-refractivity contribution < 1.29 is 24.5 Å². The number of amides is 1. The normalized spacial score (nSPS) is 17.3. The van der Waals surface area contributed by atoms with Crippen molar-refractivity contribution in [1.82, 2.24) is 0 Å². The topological polar surface area (TPSA) is 87.1 Å². The summed E-state index contributed by atoms with van der Waals surface area (Å²) in [5, 5.41) is 21.8. The molecule has 0 aliphatic carbocycles. The number of hydrogen-bond acceptors (Lipinski definition) is 5. The molecule has 0 saturated carbocycles. The van der Waals surface area contributed by atoms with Crippen LogP contribution in [0.5, 0.6) is 11.5 Å². The van der Waals surface area contributed by atoms with Gasteiger partial charge in [0.05, 0.1) is 18.2 Å². The van der Waals surface area contributed by atoms with Crippen molar-refractivity contribution in [3.63, 3.8) is 0 Å². The Bertz CT molecular complexity index is 1320. The lowest BCUT2D eigenvalue weighted by Gasteiger charge is -2.27. The van der Waals surface area contributed by atoms with Crippen molar-refractivity contribution in [2.24, 2.45) is 0 Å². The van der Waals surface area contributed by atoms with Gasteiger partial charge in [-0.25, -0.2) is 0 Å². The van der Waals surface area contributed by atoms with E-state index in [4.69, 9.17) is 16.3 Å². The highest BCUT2D eigenvalue weighted by atomic mass is 79.9. The van der Waals surface area contributed by atoms with E-state index in [-0.39, 0.29) is 22.8 Å². The van der Waals surface area contributed by atoms with Crippen molar-refractivity contribution >= 4 is 50.7 Å². The lowest BCUT2D eigenvalue weighted by molar-refractivity contribution is -0.132. The monoisotopic (exact) mass is 541 g/mol. The molecule has 8 heteroatoms. The Morgan fingerprint density at radius 2 is 1.82 bits per heavy atom. The van der Waals surface area contributed by atoms with Gasteiger partial charge in [0, 0.05) is 20.7 Å². The molecule has 0 aromatic heterocycles. The molecule has 1 aliphatic rings. The Morgan fingerprint density at radius 1 is 1.12 bits per heavy atom. The molecular formula is C26H21BrClNO5. The maximum absolute atomic E-state index is 13.3. The van der Waals surface area contributed by atoms with Crippen LogP contribution in [0.15, 0.2) is 70.7 Å². The maximum atomic E-state index is 13.3. The second-order valence-corrected chi connectivity index (χ2v) is 9.04. The van der Waals surface area contributed by atoms with Gasteiger partial charge in [-0.05, 0) is 61.4 Å². The average molecular weight is 543 g/mol. The highest BCUT2D eigenvalue weighted by Gasteiger charge is 2.47. The zero-order valence-electron chi connectivity index (χ0n) is 18.4. The summed E-state index contributed by atoms with van der Waals surface area (Å²) in [6, 6.07) is 15.5. The first-order valence-corrected chi connectivity index (χ1v) is 11.7. The molecule has 6 nitrogen and oxygen atoms in total. The first-order chi connectivity index (χ1) is 16.2. The lowest BCUT2D eigenvalue weighted by Crippen LogP contribution is -2.30. The molecule has 3 aromatic rings. The fraction of sp³-hybridized carbons (Fsp3) is 0.154. The number of aliphatic hydroxyl groups excluding tert-OH is 1. The third-order valence-electron chi connectivity index (χ3n) is 5.66. The molecule has 2 N–H and O–H groups in total. The Kier molecular flexibility index (Phi) is 6.68. The summed E-state index contributed by atoms with van der Waals surface area (Å²) in [7, 11) is 0. The van der Waals surface area contributed by atoms with E-state index >= 15 is 0 Å². The third-order valence-corrected chi connectivity index (χ3v) is 6.60. The van der Waals surface area contributed by atoms with E-state index in [0.29, 0.717) is 34.0 Å². The summed E-state index contributed by atoms with van der Waals surface area (Å²) in [4.78, 5) is 28.0.